The summed E-state index contributed by atoms with van der Waals surface area (Å²) in [6.45, 7) is 9.76. The summed E-state index contributed by atoms with van der Waals surface area (Å²) in [4.78, 5) is 24.8. The number of carbonyl (C=O) groups excluding carboxylic acids is 2. The van der Waals surface area contributed by atoms with Gasteiger partial charge in [-0.3, -0.25) is 9.59 Å². The van der Waals surface area contributed by atoms with E-state index in [2.05, 4.69) is 18.4 Å². The molecular weight excluding hydrogens is 280 g/mol. The van der Waals surface area contributed by atoms with E-state index >= 15 is 0 Å². The van der Waals surface area contributed by atoms with E-state index in [1.807, 2.05) is 26.8 Å². The predicted molar refractivity (Wildman–Crippen MR) is 84.8 cm³/mol. The number of allylic oxidation sites excluding steroid dienone is 1. The number of carbonyl (C=O) groups is 2. The first-order chi connectivity index (χ1) is 10.1. The lowest BCUT2D eigenvalue weighted by atomic mass is 9.75. The van der Waals surface area contributed by atoms with Crippen LogP contribution in [0.15, 0.2) is 12.7 Å². The van der Waals surface area contributed by atoms with Gasteiger partial charge in [0.25, 0.3) is 0 Å². The van der Waals surface area contributed by atoms with Crippen molar-refractivity contribution < 1.29 is 19.1 Å². The zero-order chi connectivity index (χ0) is 17.0. The molecule has 0 spiro atoms. The summed E-state index contributed by atoms with van der Waals surface area (Å²) in [6, 6.07) is 0. The Balaban J connectivity index is 3.19. The number of hydrogen-bond donors (Lipinski definition) is 0. The van der Waals surface area contributed by atoms with Gasteiger partial charge in [0.15, 0.2) is 5.41 Å². The average Bonchev–Trinajstić information content (AvgIpc) is 3.23. The Morgan fingerprint density at radius 2 is 1.68 bits per heavy atom. The van der Waals surface area contributed by atoms with Gasteiger partial charge >= 0.3 is 11.9 Å². The zero-order valence-electron chi connectivity index (χ0n) is 14.2. The maximum Gasteiger partial charge on any atom is 0.324 e. The Labute approximate surface area is 133 Å². The SMILES string of the molecule is C=CC1(CC(CC#CC(C)(C)C)(C(=O)OC)C(=O)OC)CC1. The van der Waals surface area contributed by atoms with E-state index in [4.69, 9.17) is 9.47 Å². The zero-order valence-corrected chi connectivity index (χ0v) is 14.2. The molecule has 0 aromatic carbocycles. The minimum atomic E-state index is -1.38. The molecule has 0 N–H and O–H groups in total. The summed E-state index contributed by atoms with van der Waals surface area (Å²) in [7, 11) is 2.56. The second kappa shape index (κ2) is 6.56. The summed E-state index contributed by atoms with van der Waals surface area (Å²) in [6.07, 6.45) is 4.09. The molecule has 1 aliphatic rings. The minimum Gasteiger partial charge on any atom is -0.468 e. The first kappa shape index (κ1) is 18.3. The fraction of sp³-hybridized carbons (Fsp3) is 0.667. The van der Waals surface area contributed by atoms with Gasteiger partial charge in [-0.25, -0.2) is 0 Å². The monoisotopic (exact) mass is 306 g/mol. The van der Waals surface area contributed by atoms with Crippen LogP contribution in [0.5, 0.6) is 0 Å². The van der Waals surface area contributed by atoms with Crippen LogP contribution in [0.3, 0.4) is 0 Å². The normalized spacial score (nSPS) is 16.0. The molecule has 1 saturated carbocycles. The molecule has 1 aliphatic carbocycles. The minimum absolute atomic E-state index is 0.0964. The molecule has 122 valence electrons. The van der Waals surface area contributed by atoms with Crippen molar-refractivity contribution in [2.45, 2.75) is 46.5 Å². The molecule has 1 rings (SSSR count). The van der Waals surface area contributed by atoms with E-state index in [1.165, 1.54) is 14.2 Å². The van der Waals surface area contributed by atoms with Gasteiger partial charge in [0.05, 0.1) is 14.2 Å². The highest BCUT2D eigenvalue weighted by atomic mass is 16.5. The van der Waals surface area contributed by atoms with Gasteiger partial charge in [0.1, 0.15) is 0 Å². The Bertz CT molecular complexity index is 493. The van der Waals surface area contributed by atoms with E-state index in [0.29, 0.717) is 6.42 Å². The van der Waals surface area contributed by atoms with Gasteiger partial charge < -0.3 is 9.47 Å². The van der Waals surface area contributed by atoms with E-state index < -0.39 is 17.4 Å². The Hall–Kier alpha value is -1.76. The van der Waals surface area contributed by atoms with Crippen molar-refractivity contribution in [3.63, 3.8) is 0 Å². The fourth-order valence-corrected chi connectivity index (χ4v) is 2.50. The van der Waals surface area contributed by atoms with Crippen molar-refractivity contribution in [2.75, 3.05) is 14.2 Å². The lowest BCUT2D eigenvalue weighted by Gasteiger charge is -2.29. The Morgan fingerprint density at radius 1 is 1.18 bits per heavy atom. The van der Waals surface area contributed by atoms with Crippen LogP contribution in [-0.2, 0) is 19.1 Å². The summed E-state index contributed by atoms with van der Waals surface area (Å²) in [5, 5.41) is 0. The van der Waals surface area contributed by atoms with Crippen LogP contribution in [-0.4, -0.2) is 26.2 Å². The van der Waals surface area contributed by atoms with Crippen molar-refractivity contribution in [3.05, 3.63) is 12.7 Å². The van der Waals surface area contributed by atoms with Gasteiger partial charge in [-0.1, -0.05) is 12.0 Å². The summed E-state index contributed by atoms with van der Waals surface area (Å²) < 4.78 is 9.80. The van der Waals surface area contributed by atoms with E-state index in [1.54, 1.807) is 0 Å². The Kier molecular flexibility index (Phi) is 5.45. The van der Waals surface area contributed by atoms with Gasteiger partial charge in [0.2, 0.25) is 0 Å². The molecule has 0 unspecified atom stereocenters. The van der Waals surface area contributed by atoms with Crippen LogP contribution in [0, 0.1) is 28.1 Å². The molecule has 0 aromatic heterocycles. The predicted octanol–water partition coefficient (Wildman–Crippen LogP) is 3.11. The third-order valence-corrected chi connectivity index (χ3v) is 3.98. The molecule has 0 saturated heterocycles. The van der Waals surface area contributed by atoms with E-state index in [-0.39, 0.29) is 17.3 Å². The quantitative estimate of drug-likeness (QED) is 0.327. The van der Waals surface area contributed by atoms with Gasteiger partial charge in [-0.2, -0.15) is 0 Å². The maximum atomic E-state index is 12.4. The van der Waals surface area contributed by atoms with Crippen molar-refractivity contribution >= 4 is 11.9 Å². The molecule has 0 heterocycles. The van der Waals surface area contributed by atoms with Crippen LogP contribution in [0.25, 0.3) is 0 Å². The van der Waals surface area contributed by atoms with Crippen molar-refractivity contribution in [2.24, 2.45) is 16.2 Å². The third-order valence-electron chi connectivity index (χ3n) is 3.98. The lowest BCUT2D eigenvalue weighted by molar-refractivity contribution is -0.170. The number of ether oxygens (including phenoxy) is 2. The third kappa shape index (κ3) is 4.13. The average molecular weight is 306 g/mol. The molecule has 0 aromatic rings. The molecule has 4 nitrogen and oxygen atoms in total. The van der Waals surface area contributed by atoms with Crippen LogP contribution in [0.2, 0.25) is 0 Å². The van der Waals surface area contributed by atoms with Gasteiger partial charge in [0, 0.05) is 11.8 Å². The van der Waals surface area contributed by atoms with Gasteiger partial charge in [-0.15, -0.1) is 12.5 Å². The molecule has 0 radical (unpaired) electrons. The molecule has 4 heteroatoms. The van der Waals surface area contributed by atoms with Crippen LogP contribution in [0.1, 0.15) is 46.5 Å². The topological polar surface area (TPSA) is 52.6 Å². The molecule has 0 atom stereocenters. The van der Waals surface area contributed by atoms with E-state index in [0.717, 1.165) is 12.8 Å². The van der Waals surface area contributed by atoms with Crippen molar-refractivity contribution in [1.29, 1.82) is 0 Å². The van der Waals surface area contributed by atoms with Crippen LogP contribution >= 0.6 is 0 Å². The summed E-state index contributed by atoms with van der Waals surface area (Å²) >= 11 is 0. The first-order valence-electron chi connectivity index (χ1n) is 7.45. The van der Waals surface area contributed by atoms with Crippen LogP contribution < -0.4 is 0 Å². The summed E-state index contributed by atoms with van der Waals surface area (Å²) in [5.41, 5.74) is -1.77. The smallest absolute Gasteiger partial charge is 0.324 e. The standard InChI is InChI=1S/C18H26O4/c1-7-17(11-12-17)13-18(14(19)21-5,15(20)22-6)10-8-9-16(2,3)4/h7H,1,10-13H2,2-6H3. The molecule has 22 heavy (non-hydrogen) atoms. The summed E-state index contributed by atoms with van der Waals surface area (Å²) in [5.74, 6) is 4.88. The number of methoxy groups -OCH3 is 2. The molecule has 0 amide bonds. The van der Waals surface area contributed by atoms with Gasteiger partial charge in [-0.05, 0) is 45.4 Å². The fourth-order valence-electron chi connectivity index (χ4n) is 2.50. The second-order valence-corrected chi connectivity index (χ2v) is 7.04. The molecule has 0 aliphatic heterocycles. The number of rotatable bonds is 6. The van der Waals surface area contributed by atoms with Crippen molar-refractivity contribution in [1.82, 2.24) is 0 Å². The maximum absolute atomic E-state index is 12.4. The number of esters is 2. The molecular formula is C18H26O4. The largest absolute Gasteiger partial charge is 0.468 e. The molecule has 1 fully saturated rings. The Morgan fingerprint density at radius 3 is 2.00 bits per heavy atom. The van der Waals surface area contributed by atoms with Crippen molar-refractivity contribution in [3.8, 4) is 11.8 Å². The first-order valence-corrected chi connectivity index (χ1v) is 7.45. The highest BCUT2D eigenvalue weighted by Crippen LogP contribution is 2.55. The lowest BCUT2D eigenvalue weighted by Crippen LogP contribution is -2.43. The number of hydrogen-bond acceptors (Lipinski definition) is 4. The highest BCUT2D eigenvalue weighted by Gasteiger charge is 2.56. The second-order valence-electron chi connectivity index (χ2n) is 7.04. The van der Waals surface area contributed by atoms with Crippen LogP contribution in [0.4, 0.5) is 0 Å². The van der Waals surface area contributed by atoms with E-state index in [9.17, 15) is 9.59 Å². The highest BCUT2D eigenvalue weighted by molar-refractivity contribution is 6.00. The molecule has 0 bridgehead atoms.